The molecule has 0 aliphatic carbocycles. The lowest BCUT2D eigenvalue weighted by Crippen LogP contribution is -3.14. The van der Waals surface area contributed by atoms with Crippen molar-refractivity contribution in [3.05, 3.63) is 62.8 Å². The number of ether oxygens (including phenoxy) is 1. The number of nitrogens with one attached hydrogen (secondary N) is 1. The van der Waals surface area contributed by atoms with Gasteiger partial charge in [0.1, 0.15) is 12.3 Å². The topological polar surface area (TPSA) is 53.8 Å². The van der Waals surface area contributed by atoms with E-state index in [4.69, 9.17) is 27.9 Å². The van der Waals surface area contributed by atoms with Gasteiger partial charge in [0.25, 0.3) is 0 Å². The van der Waals surface area contributed by atoms with E-state index in [9.17, 15) is 9.90 Å². The molecular formula is C22H21Cl2NO3. The number of halogens is 2. The van der Waals surface area contributed by atoms with Gasteiger partial charge in [-0.25, -0.2) is 0 Å². The summed E-state index contributed by atoms with van der Waals surface area (Å²) >= 11 is 12.2. The third kappa shape index (κ3) is 3.64. The minimum absolute atomic E-state index is 0.0809. The Hall–Kier alpha value is -2.01. The van der Waals surface area contributed by atoms with Gasteiger partial charge in [-0.1, -0.05) is 41.1 Å². The van der Waals surface area contributed by atoms with Gasteiger partial charge in [-0.05, 0) is 56.0 Å². The van der Waals surface area contributed by atoms with E-state index >= 15 is 0 Å². The Morgan fingerprint density at radius 3 is 2.82 bits per heavy atom. The Bertz CT molecular complexity index is 970. The van der Waals surface area contributed by atoms with Crippen molar-refractivity contribution in [2.24, 2.45) is 0 Å². The second kappa shape index (κ2) is 7.78. The highest BCUT2D eigenvalue weighted by atomic mass is 35.5. The first-order valence-electron chi connectivity index (χ1n) is 9.51. The molecule has 4 rings (SSSR count). The largest absolute Gasteiger partial charge is 0.872 e. The molecule has 28 heavy (non-hydrogen) atoms. The molecule has 1 fully saturated rings. The van der Waals surface area contributed by atoms with Crippen molar-refractivity contribution >= 4 is 35.1 Å². The molecule has 2 aromatic rings. The molecule has 2 heterocycles. The first-order valence-corrected chi connectivity index (χ1v) is 10.3. The number of Topliss-reactive ketones (excluding diaryl/α,β-unsaturated/α-hetero) is 1. The molecule has 0 bridgehead atoms. The van der Waals surface area contributed by atoms with E-state index in [1.54, 1.807) is 30.3 Å². The van der Waals surface area contributed by atoms with Crippen LogP contribution < -0.4 is 14.7 Å². The summed E-state index contributed by atoms with van der Waals surface area (Å²) in [6.45, 7) is 3.81. The minimum atomic E-state index is -0.232. The molecule has 2 aromatic carbocycles. The van der Waals surface area contributed by atoms with Gasteiger partial charge in [-0.2, -0.15) is 0 Å². The van der Waals surface area contributed by atoms with Crippen LogP contribution in [0.5, 0.6) is 11.5 Å². The molecule has 2 unspecified atom stereocenters. The average Bonchev–Trinajstić information content (AvgIpc) is 2.97. The van der Waals surface area contributed by atoms with Crippen LogP contribution in [0.4, 0.5) is 0 Å². The third-order valence-electron chi connectivity index (χ3n) is 5.63. The van der Waals surface area contributed by atoms with Crippen molar-refractivity contribution in [2.45, 2.75) is 38.8 Å². The molecule has 6 heteroatoms. The van der Waals surface area contributed by atoms with Crippen LogP contribution in [-0.4, -0.2) is 18.4 Å². The summed E-state index contributed by atoms with van der Waals surface area (Å²) < 4.78 is 5.90. The Labute approximate surface area is 174 Å². The van der Waals surface area contributed by atoms with Crippen LogP contribution in [0.2, 0.25) is 10.0 Å². The molecule has 0 amide bonds. The van der Waals surface area contributed by atoms with E-state index in [-0.39, 0.29) is 17.3 Å². The molecule has 0 aromatic heterocycles. The van der Waals surface area contributed by atoms with E-state index in [1.807, 2.05) is 0 Å². The first-order chi connectivity index (χ1) is 13.4. The maximum Gasteiger partial charge on any atom is 0.231 e. The summed E-state index contributed by atoms with van der Waals surface area (Å²) in [5.41, 5.74) is 1.66. The average molecular weight is 418 g/mol. The van der Waals surface area contributed by atoms with Crippen molar-refractivity contribution in [2.75, 3.05) is 6.54 Å². The van der Waals surface area contributed by atoms with Crippen molar-refractivity contribution in [1.82, 2.24) is 0 Å². The molecule has 146 valence electrons. The second-order valence-electron chi connectivity index (χ2n) is 7.51. The third-order valence-corrected chi connectivity index (χ3v) is 6.20. The molecule has 2 atom stereocenters. The van der Waals surface area contributed by atoms with Crippen LogP contribution in [-0.2, 0) is 6.54 Å². The van der Waals surface area contributed by atoms with Gasteiger partial charge in [0, 0.05) is 15.6 Å². The molecule has 0 radical (unpaired) electrons. The zero-order valence-electron chi connectivity index (χ0n) is 15.6. The fourth-order valence-electron chi connectivity index (χ4n) is 3.96. The monoisotopic (exact) mass is 417 g/mol. The fraction of sp³-hybridized carbons (Fsp3) is 0.318. The number of allylic oxidation sites excluding steroid dienone is 1. The Kier molecular flexibility index (Phi) is 5.37. The standard InChI is InChI=1S/C22H21Cl2NO3/c1-13-4-2-3-9-25(13)12-17-19(26)8-7-16-21(27)20(28-22(16)17)10-14-5-6-15(23)11-18(14)24/h5-8,10-11,13,26H,2-4,9,12H2,1H3/b20-10-. The summed E-state index contributed by atoms with van der Waals surface area (Å²) in [4.78, 5) is 14.2. The quantitative estimate of drug-likeness (QED) is 0.775. The predicted molar refractivity (Wildman–Crippen MR) is 108 cm³/mol. The molecule has 0 saturated carbocycles. The highest BCUT2D eigenvalue weighted by Crippen LogP contribution is 2.39. The zero-order valence-corrected chi connectivity index (χ0v) is 17.1. The Morgan fingerprint density at radius 2 is 2.07 bits per heavy atom. The lowest BCUT2D eigenvalue weighted by molar-refractivity contribution is -0.942. The number of hydrogen-bond acceptors (Lipinski definition) is 3. The van der Waals surface area contributed by atoms with Gasteiger partial charge in [-0.15, -0.1) is 0 Å². The van der Waals surface area contributed by atoms with Crippen LogP contribution in [0.1, 0.15) is 47.7 Å². The number of hydrogen-bond donors (Lipinski definition) is 1. The maximum absolute atomic E-state index is 12.8. The van der Waals surface area contributed by atoms with Crippen LogP contribution in [0.3, 0.4) is 0 Å². The van der Waals surface area contributed by atoms with E-state index in [2.05, 4.69) is 6.92 Å². The number of ketones is 1. The van der Waals surface area contributed by atoms with E-state index in [0.717, 1.165) is 19.4 Å². The normalized spacial score (nSPS) is 23.0. The molecule has 1 saturated heterocycles. The summed E-state index contributed by atoms with van der Waals surface area (Å²) in [7, 11) is 0. The Balaban J connectivity index is 1.67. The van der Waals surface area contributed by atoms with Crippen molar-refractivity contribution in [1.29, 1.82) is 0 Å². The van der Waals surface area contributed by atoms with E-state index in [1.165, 1.54) is 17.4 Å². The van der Waals surface area contributed by atoms with Gasteiger partial charge < -0.3 is 14.7 Å². The molecule has 4 nitrogen and oxygen atoms in total. The number of carbonyl (C=O) groups excluding carboxylic acids is 1. The van der Waals surface area contributed by atoms with Crippen LogP contribution in [0.25, 0.3) is 6.08 Å². The minimum Gasteiger partial charge on any atom is -0.872 e. The van der Waals surface area contributed by atoms with Crippen LogP contribution >= 0.6 is 23.2 Å². The number of rotatable bonds is 3. The van der Waals surface area contributed by atoms with Crippen LogP contribution in [0, 0.1) is 0 Å². The highest BCUT2D eigenvalue weighted by molar-refractivity contribution is 6.35. The molecule has 2 aliphatic rings. The lowest BCUT2D eigenvalue weighted by atomic mass is 10.0. The van der Waals surface area contributed by atoms with E-state index < -0.39 is 0 Å². The van der Waals surface area contributed by atoms with Crippen LogP contribution in [0.15, 0.2) is 36.1 Å². The van der Waals surface area contributed by atoms with Gasteiger partial charge >= 0.3 is 0 Å². The zero-order chi connectivity index (χ0) is 19.8. The predicted octanol–water partition coefficient (Wildman–Crippen LogP) is 3.64. The van der Waals surface area contributed by atoms with E-state index in [0.29, 0.717) is 45.1 Å². The van der Waals surface area contributed by atoms with Crippen molar-refractivity contribution in [3.63, 3.8) is 0 Å². The Morgan fingerprint density at radius 1 is 1.25 bits per heavy atom. The maximum atomic E-state index is 12.8. The summed E-state index contributed by atoms with van der Waals surface area (Å²) in [6, 6.07) is 8.57. The number of likely N-dealkylation sites (tertiary alicyclic amines) is 1. The summed E-state index contributed by atoms with van der Waals surface area (Å²) in [6.07, 6.45) is 5.14. The van der Waals surface area contributed by atoms with Crippen molar-refractivity contribution in [3.8, 4) is 11.5 Å². The van der Waals surface area contributed by atoms with Gasteiger partial charge in [0.2, 0.25) is 5.78 Å². The SMILES string of the molecule is CC1CCCC[NH+]1Cc1c([O-])ccc2c1O/C(=C\c1ccc(Cl)cc1Cl)C2=O. The molecule has 1 N–H and O–H groups in total. The number of carbonyl (C=O) groups is 1. The highest BCUT2D eigenvalue weighted by Gasteiger charge is 2.32. The number of quaternary nitrogens is 1. The number of fused-ring (bicyclic) bond motifs is 1. The smallest absolute Gasteiger partial charge is 0.231 e. The summed E-state index contributed by atoms with van der Waals surface area (Å²) in [5, 5.41) is 13.5. The van der Waals surface area contributed by atoms with Gasteiger partial charge in [0.05, 0.1) is 18.2 Å². The number of piperidine rings is 1. The van der Waals surface area contributed by atoms with Gasteiger partial charge in [-0.3, -0.25) is 4.79 Å². The first kappa shape index (κ1) is 19.3. The van der Waals surface area contributed by atoms with Gasteiger partial charge in [0.15, 0.2) is 5.76 Å². The van der Waals surface area contributed by atoms with Crippen molar-refractivity contribution < 1.29 is 19.5 Å². The summed E-state index contributed by atoms with van der Waals surface area (Å²) in [5.74, 6) is 0.262. The molecule has 2 aliphatic heterocycles. The number of benzene rings is 2. The second-order valence-corrected chi connectivity index (χ2v) is 8.35. The fourth-order valence-corrected chi connectivity index (χ4v) is 4.42. The molecular weight excluding hydrogens is 397 g/mol. The molecule has 0 spiro atoms. The lowest BCUT2D eigenvalue weighted by Gasteiger charge is -2.31.